The summed E-state index contributed by atoms with van der Waals surface area (Å²) in [5.41, 5.74) is 9.18. The van der Waals surface area contributed by atoms with E-state index in [9.17, 15) is 9.90 Å². The first kappa shape index (κ1) is 40.3. The van der Waals surface area contributed by atoms with E-state index in [1.165, 1.54) is 45.1 Å². The van der Waals surface area contributed by atoms with E-state index < -0.39 is 0 Å². The molecule has 1 radical (unpaired) electrons. The van der Waals surface area contributed by atoms with E-state index in [1.807, 2.05) is 47.7 Å². The van der Waals surface area contributed by atoms with E-state index in [0.717, 1.165) is 55.2 Å². The van der Waals surface area contributed by atoms with E-state index in [0.29, 0.717) is 5.92 Å². The van der Waals surface area contributed by atoms with Crippen LogP contribution in [-0.4, -0.2) is 20.9 Å². The molecule has 4 aromatic rings. The molecule has 2 heterocycles. The molecule has 1 aliphatic carbocycles. The fourth-order valence-corrected chi connectivity index (χ4v) is 6.41. The summed E-state index contributed by atoms with van der Waals surface area (Å²) >= 11 is 0. The van der Waals surface area contributed by atoms with Crippen LogP contribution in [-0.2, 0) is 43.2 Å². The van der Waals surface area contributed by atoms with Crippen molar-refractivity contribution < 1.29 is 30.0 Å². The zero-order valence-electron chi connectivity index (χ0n) is 31.7. The van der Waals surface area contributed by atoms with Gasteiger partial charge in [-0.05, 0) is 73.1 Å². The van der Waals surface area contributed by atoms with Gasteiger partial charge in [0.1, 0.15) is 5.76 Å². The van der Waals surface area contributed by atoms with Crippen LogP contribution in [0.2, 0.25) is 0 Å². The van der Waals surface area contributed by atoms with Gasteiger partial charge >= 0.3 is 0 Å². The maximum atomic E-state index is 12.2. The number of nitrogens with zero attached hydrogens (tertiary/aromatic N) is 2. The average Bonchev–Trinajstić information content (AvgIpc) is 3.09. The minimum absolute atomic E-state index is 0. The van der Waals surface area contributed by atoms with Gasteiger partial charge in [-0.1, -0.05) is 111 Å². The zero-order chi connectivity index (χ0) is 35.4. The summed E-state index contributed by atoms with van der Waals surface area (Å²) < 4.78 is 0. The predicted molar refractivity (Wildman–Crippen MR) is 203 cm³/mol. The molecule has 2 aromatic carbocycles. The van der Waals surface area contributed by atoms with E-state index >= 15 is 0 Å². The Balaban J connectivity index is 0.000000312. The number of carbonyl (C=O) groups is 1. The van der Waals surface area contributed by atoms with Gasteiger partial charge in [0, 0.05) is 65.9 Å². The zero-order valence-corrected chi connectivity index (χ0v) is 34.1. The SMILES string of the molecule is CC(C)c1ccc2c(n1)CCc1c-2ccnc1-c1[c-]c2ccccc2c(C(C)(C)C)c1.CCC(C)(CC)C(=O)/C=C(\O)C(C)(CC)CC.[Ir]. The van der Waals surface area contributed by atoms with Gasteiger partial charge in [0.25, 0.3) is 0 Å². The van der Waals surface area contributed by atoms with Gasteiger partial charge in [-0.3, -0.25) is 14.8 Å². The third-order valence-corrected chi connectivity index (χ3v) is 11.0. The molecule has 49 heavy (non-hydrogen) atoms. The summed E-state index contributed by atoms with van der Waals surface area (Å²) in [7, 11) is 0. The fourth-order valence-electron chi connectivity index (χ4n) is 6.41. The van der Waals surface area contributed by atoms with Crippen molar-refractivity contribution in [2.45, 2.75) is 126 Å². The molecule has 1 N–H and O–H groups in total. The second kappa shape index (κ2) is 16.3. The van der Waals surface area contributed by atoms with E-state index in [-0.39, 0.29) is 47.9 Å². The molecule has 1 aliphatic rings. The Morgan fingerprint density at radius 1 is 0.878 bits per heavy atom. The molecule has 0 saturated carbocycles. The van der Waals surface area contributed by atoms with Crippen molar-refractivity contribution in [3.05, 3.63) is 95.1 Å². The van der Waals surface area contributed by atoms with Gasteiger partial charge in [-0.25, -0.2) is 0 Å². The van der Waals surface area contributed by atoms with Crippen molar-refractivity contribution in [3.63, 3.8) is 0 Å². The van der Waals surface area contributed by atoms with Gasteiger partial charge in [0.2, 0.25) is 0 Å². The number of carbonyl (C=O) groups excluding carboxylic acids is 1. The van der Waals surface area contributed by atoms with E-state index in [2.05, 4.69) is 89.2 Å². The second-order valence-corrected chi connectivity index (χ2v) is 15.4. The Hall–Kier alpha value is -3.14. The first-order chi connectivity index (χ1) is 22.6. The number of hydrogen-bond acceptors (Lipinski definition) is 4. The second-order valence-electron chi connectivity index (χ2n) is 15.4. The summed E-state index contributed by atoms with van der Waals surface area (Å²) in [5, 5.41) is 12.6. The van der Waals surface area contributed by atoms with Gasteiger partial charge < -0.3 is 5.11 Å². The Bertz CT molecular complexity index is 1790. The van der Waals surface area contributed by atoms with Crippen molar-refractivity contribution in [3.8, 4) is 22.4 Å². The quantitative estimate of drug-likeness (QED) is 0.104. The summed E-state index contributed by atoms with van der Waals surface area (Å²) in [4.78, 5) is 22.0. The molecule has 5 rings (SSSR count). The summed E-state index contributed by atoms with van der Waals surface area (Å²) in [6.45, 7) is 23.3. The predicted octanol–water partition coefficient (Wildman–Crippen LogP) is 11.9. The fraction of sp³-hybridized carbons (Fsp3) is 0.477. The molecule has 4 nitrogen and oxygen atoms in total. The largest absolute Gasteiger partial charge is 0.512 e. The number of pyridine rings is 2. The van der Waals surface area contributed by atoms with Crippen LogP contribution in [0.4, 0.5) is 0 Å². The molecule has 0 unspecified atom stereocenters. The normalized spacial score (nSPS) is 13.3. The molecule has 0 fully saturated rings. The minimum atomic E-state index is -0.337. The maximum absolute atomic E-state index is 12.2. The molecule has 265 valence electrons. The molecule has 0 amide bonds. The smallest absolute Gasteiger partial charge is 0.164 e. The monoisotopic (exact) mass is 838 g/mol. The Kier molecular flexibility index (Phi) is 13.4. The molecule has 0 spiro atoms. The average molecular weight is 838 g/mol. The molecule has 0 saturated heterocycles. The standard InChI is InChI=1S/C29H29N2.C15H28O2.Ir/c1-18(2)26-12-10-23-22-14-15-30-28(24(22)11-13-27(23)31-26)20-16-19-8-6-7-9-21(19)25(17-20)29(3,4)5;1-7-14(5,8-2)12(16)11-13(17)15(6,9-3)10-4;/h6-10,12,14-15,17-18H,11,13H2,1-5H3;11,16H,7-10H2,1-6H3;/q-1;;/b;12-11-;. The van der Waals surface area contributed by atoms with Gasteiger partial charge in [0.15, 0.2) is 5.78 Å². The molecule has 5 heteroatoms. The number of aromatic nitrogens is 2. The summed E-state index contributed by atoms with van der Waals surface area (Å²) in [6, 6.07) is 21.1. The Labute approximate surface area is 309 Å². The first-order valence-electron chi connectivity index (χ1n) is 18.0. The third kappa shape index (κ3) is 8.60. The number of allylic oxidation sites excluding steroid dienone is 2. The van der Waals surface area contributed by atoms with Crippen molar-refractivity contribution in [1.29, 1.82) is 0 Å². The number of rotatable bonds is 9. The van der Waals surface area contributed by atoms with E-state index in [4.69, 9.17) is 9.97 Å². The van der Waals surface area contributed by atoms with Gasteiger partial charge in [0.05, 0.1) is 0 Å². The molecular formula is C44H57IrN2O2-. The Morgan fingerprint density at radius 3 is 2.10 bits per heavy atom. The van der Waals surface area contributed by atoms with Crippen LogP contribution >= 0.6 is 0 Å². The van der Waals surface area contributed by atoms with Crippen molar-refractivity contribution in [1.82, 2.24) is 9.97 Å². The molecular weight excluding hydrogens is 781 g/mol. The first-order valence-corrected chi connectivity index (χ1v) is 18.0. The van der Waals surface area contributed by atoms with Crippen LogP contribution in [0.5, 0.6) is 0 Å². The van der Waals surface area contributed by atoms with Crippen LogP contribution in [0, 0.1) is 16.9 Å². The van der Waals surface area contributed by atoms with E-state index in [1.54, 1.807) is 0 Å². The van der Waals surface area contributed by atoms with Crippen molar-refractivity contribution in [2.75, 3.05) is 0 Å². The Morgan fingerprint density at radius 2 is 1.51 bits per heavy atom. The number of fused-ring (bicyclic) bond motifs is 4. The number of aryl methyl sites for hydroxylation is 1. The molecule has 0 aliphatic heterocycles. The summed E-state index contributed by atoms with van der Waals surface area (Å²) in [5.74, 6) is 0.733. The van der Waals surface area contributed by atoms with Crippen LogP contribution in [0.15, 0.2) is 66.6 Å². The third-order valence-electron chi connectivity index (χ3n) is 11.0. The van der Waals surface area contributed by atoms with Crippen LogP contribution in [0.25, 0.3) is 33.2 Å². The number of benzene rings is 2. The molecule has 0 bridgehead atoms. The minimum Gasteiger partial charge on any atom is -0.512 e. The molecule has 2 aromatic heterocycles. The maximum Gasteiger partial charge on any atom is 0.164 e. The van der Waals surface area contributed by atoms with Crippen LogP contribution in [0.1, 0.15) is 130 Å². The van der Waals surface area contributed by atoms with Crippen LogP contribution < -0.4 is 0 Å². The number of aliphatic hydroxyl groups is 1. The van der Waals surface area contributed by atoms with Crippen molar-refractivity contribution >= 4 is 16.6 Å². The van der Waals surface area contributed by atoms with Gasteiger partial charge in [-0.2, -0.15) is 0 Å². The van der Waals surface area contributed by atoms with Crippen molar-refractivity contribution in [2.24, 2.45) is 10.8 Å². The molecule has 0 atom stereocenters. The summed E-state index contributed by atoms with van der Waals surface area (Å²) in [6.07, 6.45) is 8.62. The van der Waals surface area contributed by atoms with Crippen LogP contribution in [0.3, 0.4) is 0 Å². The number of hydrogen-bond donors (Lipinski definition) is 1. The number of aliphatic hydroxyl groups excluding tert-OH is 1. The number of ketones is 1. The van der Waals surface area contributed by atoms with Gasteiger partial charge in [-0.15, -0.1) is 29.1 Å². The topological polar surface area (TPSA) is 63.1 Å².